The van der Waals surface area contributed by atoms with Gasteiger partial charge in [0, 0.05) is 50.8 Å². The first-order valence-corrected chi connectivity index (χ1v) is 11.7. The van der Waals surface area contributed by atoms with Gasteiger partial charge in [0.1, 0.15) is 16.2 Å². The van der Waals surface area contributed by atoms with Crippen molar-refractivity contribution < 1.29 is 13.2 Å². The van der Waals surface area contributed by atoms with Crippen LogP contribution in [-0.2, 0) is 10.0 Å². The largest absolute Gasteiger partial charge is 0.472 e. The van der Waals surface area contributed by atoms with Gasteiger partial charge in [-0.05, 0) is 25.0 Å². The third-order valence-electron chi connectivity index (χ3n) is 5.81. The van der Waals surface area contributed by atoms with Gasteiger partial charge in [0.05, 0.1) is 18.1 Å². The molecule has 29 heavy (non-hydrogen) atoms. The first-order valence-electron chi connectivity index (χ1n) is 9.83. The minimum atomic E-state index is -3.58. The lowest BCUT2D eigenvalue weighted by Gasteiger charge is -2.36. The smallest absolute Gasteiger partial charge is 0.244 e. The van der Waals surface area contributed by atoms with Crippen molar-refractivity contribution in [3.05, 3.63) is 41.6 Å². The summed E-state index contributed by atoms with van der Waals surface area (Å²) in [5.41, 5.74) is 1.04. The maximum absolute atomic E-state index is 12.9. The Kier molecular flexibility index (Phi) is 4.93. The molecule has 1 saturated carbocycles. The van der Waals surface area contributed by atoms with Crippen molar-refractivity contribution in [1.29, 1.82) is 0 Å². The molecule has 2 aromatic heterocycles. The van der Waals surface area contributed by atoms with Crippen LogP contribution >= 0.6 is 11.6 Å². The van der Waals surface area contributed by atoms with E-state index in [2.05, 4.69) is 19.9 Å². The van der Waals surface area contributed by atoms with Gasteiger partial charge in [-0.2, -0.15) is 4.31 Å². The standard InChI is InChI=1S/C19H22ClN5O3S/c20-18-4-3-16(8-22-18)29(26,27)25-6-5-24-12-15(7-14(24)11-25)28-19-10-21-17(9-23-19)13-1-2-13/h3-4,8-10,13-15H,1-2,5-7,11-12H2/t14-,15-/m0/s1. The van der Waals surface area contributed by atoms with E-state index >= 15 is 0 Å². The van der Waals surface area contributed by atoms with Crippen molar-refractivity contribution in [2.75, 3.05) is 26.2 Å². The molecule has 154 valence electrons. The van der Waals surface area contributed by atoms with Crippen LogP contribution in [0, 0.1) is 0 Å². The second kappa shape index (κ2) is 7.46. The molecule has 2 atom stereocenters. The number of halogens is 1. The maximum Gasteiger partial charge on any atom is 0.244 e. The van der Waals surface area contributed by atoms with E-state index in [1.54, 1.807) is 6.20 Å². The molecule has 0 bridgehead atoms. The van der Waals surface area contributed by atoms with Crippen molar-refractivity contribution in [3.63, 3.8) is 0 Å². The summed E-state index contributed by atoms with van der Waals surface area (Å²) in [6.07, 6.45) is 7.96. The first kappa shape index (κ1) is 19.2. The number of nitrogens with zero attached hydrogens (tertiary/aromatic N) is 5. The fourth-order valence-electron chi connectivity index (χ4n) is 4.08. The number of hydrogen-bond acceptors (Lipinski definition) is 7. The molecule has 0 spiro atoms. The SMILES string of the molecule is O=S(=O)(c1ccc(Cl)nc1)N1CCN2C[C@@H](Oc3cnc(C4CC4)cn3)C[C@H]2C1. The number of sulfonamides is 1. The van der Waals surface area contributed by atoms with Gasteiger partial charge in [0.25, 0.3) is 0 Å². The number of rotatable bonds is 5. The van der Waals surface area contributed by atoms with Gasteiger partial charge in [0.2, 0.25) is 15.9 Å². The zero-order chi connectivity index (χ0) is 20.0. The zero-order valence-electron chi connectivity index (χ0n) is 15.8. The summed E-state index contributed by atoms with van der Waals surface area (Å²) < 4.78 is 33.4. The molecule has 0 aromatic carbocycles. The zero-order valence-corrected chi connectivity index (χ0v) is 17.4. The highest BCUT2D eigenvalue weighted by Gasteiger charge is 2.41. The number of hydrogen-bond donors (Lipinski definition) is 0. The van der Waals surface area contributed by atoms with E-state index in [1.807, 2.05) is 6.20 Å². The third-order valence-corrected chi connectivity index (χ3v) is 7.88. The van der Waals surface area contributed by atoms with E-state index in [0.29, 0.717) is 31.4 Å². The lowest BCUT2D eigenvalue weighted by molar-refractivity contribution is 0.151. The third kappa shape index (κ3) is 3.96. The molecular formula is C19H22ClN5O3S. The van der Waals surface area contributed by atoms with Gasteiger partial charge in [-0.1, -0.05) is 11.6 Å². The van der Waals surface area contributed by atoms with Gasteiger partial charge in [-0.25, -0.2) is 18.4 Å². The second-order valence-electron chi connectivity index (χ2n) is 7.86. The first-order chi connectivity index (χ1) is 14.0. The Morgan fingerprint density at radius 3 is 2.59 bits per heavy atom. The molecule has 4 heterocycles. The molecular weight excluding hydrogens is 414 g/mol. The summed E-state index contributed by atoms with van der Waals surface area (Å²) in [6, 6.07) is 3.13. The molecule has 2 aliphatic heterocycles. The molecule has 3 aliphatic rings. The molecule has 1 aliphatic carbocycles. The molecule has 8 nitrogen and oxygen atoms in total. The minimum Gasteiger partial charge on any atom is -0.472 e. The summed E-state index contributed by atoms with van der Waals surface area (Å²) in [7, 11) is -3.58. The molecule has 0 amide bonds. The quantitative estimate of drug-likeness (QED) is 0.663. The predicted molar refractivity (Wildman–Crippen MR) is 106 cm³/mol. The number of aromatic nitrogens is 3. The number of pyridine rings is 1. The molecule has 10 heteroatoms. The normalized spacial score (nSPS) is 25.7. The van der Waals surface area contributed by atoms with Crippen LogP contribution in [-0.4, -0.2) is 70.9 Å². The fourth-order valence-corrected chi connectivity index (χ4v) is 5.61. The molecule has 0 N–H and O–H groups in total. The molecule has 3 fully saturated rings. The highest BCUT2D eigenvalue weighted by Crippen LogP contribution is 2.38. The Morgan fingerprint density at radius 1 is 1.03 bits per heavy atom. The summed E-state index contributed by atoms with van der Waals surface area (Å²) >= 11 is 5.78. The van der Waals surface area contributed by atoms with Crippen LogP contribution in [0.15, 0.2) is 35.6 Å². The Morgan fingerprint density at radius 2 is 1.90 bits per heavy atom. The van der Waals surface area contributed by atoms with E-state index in [0.717, 1.165) is 18.7 Å². The summed E-state index contributed by atoms with van der Waals surface area (Å²) in [5.74, 6) is 1.11. The lowest BCUT2D eigenvalue weighted by atomic mass is 10.2. The molecule has 2 saturated heterocycles. The molecule has 0 radical (unpaired) electrons. The van der Waals surface area contributed by atoms with Gasteiger partial charge < -0.3 is 4.74 Å². The average Bonchev–Trinajstić information content (AvgIpc) is 3.48. The number of ether oxygens (including phenoxy) is 1. The van der Waals surface area contributed by atoms with E-state index in [4.69, 9.17) is 16.3 Å². The Bertz CT molecular complexity index is 982. The fraction of sp³-hybridized carbons (Fsp3) is 0.526. The average molecular weight is 436 g/mol. The second-order valence-corrected chi connectivity index (χ2v) is 10.2. The van der Waals surface area contributed by atoms with E-state index in [1.165, 1.54) is 35.5 Å². The topological polar surface area (TPSA) is 88.5 Å². The van der Waals surface area contributed by atoms with Crippen LogP contribution in [0.4, 0.5) is 0 Å². The summed E-state index contributed by atoms with van der Waals surface area (Å²) in [6.45, 7) is 2.34. The van der Waals surface area contributed by atoms with Gasteiger partial charge in [-0.15, -0.1) is 0 Å². The van der Waals surface area contributed by atoms with Crippen LogP contribution < -0.4 is 4.74 Å². The summed E-state index contributed by atoms with van der Waals surface area (Å²) in [4.78, 5) is 15.2. The van der Waals surface area contributed by atoms with E-state index in [9.17, 15) is 8.42 Å². The van der Waals surface area contributed by atoms with Gasteiger partial charge in [0.15, 0.2) is 0 Å². The highest BCUT2D eigenvalue weighted by molar-refractivity contribution is 7.89. The van der Waals surface area contributed by atoms with Crippen LogP contribution in [0.2, 0.25) is 5.15 Å². The molecule has 2 aromatic rings. The Balaban J connectivity index is 1.22. The molecule has 5 rings (SSSR count). The molecule has 0 unspecified atom stereocenters. The van der Waals surface area contributed by atoms with E-state index in [-0.39, 0.29) is 22.2 Å². The number of piperazine rings is 1. The van der Waals surface area contributed by atoms with Crippen molar-refractivity contribution >= 4 is 21.6 Å². The van der Waals surface area contributed by atoms with Crippen molar-refractivity contribution in [2.45, 2.75) is 42.2 Å². The lowest BCUT2D eigenvalue weighted by Crippen LogP contribution is -2.51. The summed E-state index contributed by atoms with van der Waals surface area (Å²) in [5, 5.41) is 0.276. The Labute approximate surface area is 174 Å². The number of fused-ring (bicyclic) bond motifs is 1. The highest BCUT2D eigenvalue weighted by atomic mass is 35.5. The minimum absolute atomic E-state index is 0.0130. The van der Waals surface area contributed by atoms with E-state index < -0.39 is 10.0 Å². The van der Waals surface area contributed by atoms with Crippen LogP contribution in [0.5, 0.6) is 5.88 Å². The monoisotopic (exact) mass is 435 g/mol. The van der Waals surface area contributed by atoms with Crippen molar-refractivity contribution in [3.8, 4) is 5.88 Å². The maximum atomic E-state index is 12.9. The van der Waals surface area contributed by atoms with Crippen molar-refractivity contribution in [2.24, 2.45) is 0 Å². The van der Waals surface area contributed by atoms with Crippen LogP contribution in [0.3, 0.4) is 0 Å². The van der Waals surface area contributed by atoms with Gasteiger partial charge in [-0.3, -0.25) is 9.88 Å². The van der Waals surface area contributed by atoms with Gasteiger partial charge >= 0.3 is 0 Å². The predicted octanol–water partition coefficient (Wildman–Crippen LogP) is 1.93. The van der Waals surface area contributed by atoms with Crippen LogP contribution in [0.1, 0.15) is 30.9 Å². The van der Waals surface area contributed by atoms with Crippen molar-refractivity contribution in [1.82, 2.24) is 24.2 Å². The van der Waals surface area contributed by atoms with Crippen LogP contribution in [0.25, 0.3) is 0 Å². The Hall–Kier alpha value is -1.81.